The fourth-order valence-corrected chi connectivity index (χ4v) is 2.67. The van der Waals surface area contributed by atoms with Gasteiger partial charge in [0.05, 0.1) is 5.60 Å². The van der Waals surface area contributed by atoms with E-state index in [4.69, 9.17) is 4.74 Å². The number of ketones is 1. The maximum atomic E-state index is 12.6. The minimum absolute atomic E-state index is 0.116. The Morgan fingerprint density at radius 3 is 2.83 bits per heavy atom. The van der Waals surface area contributed by atoms with Gasteiger partial charge < -0.3 is 4.74 Å². The lowest BCUT2D eigenvalue weighted by Crippen LogP contribution is -2.39. The summed E-state index contributed by atoms with van der Waals surface area (Å²) in [6.07, 6.45) is 2.66. The summed E-state index contributed by atoms with van der Waals surface area (Å²) in [7, 11) is 0. The number of rotatable bonds is 3. The van der Waals surface area contributed by atoms with E-state index in [0.717, 1.165) is 30.4 Å². The van der Waals surface area contributed by atoms with Crippen LogP contribution in [0.15, 0.2) is 24.3 Å². The number of aryl methyl sites for hydroxylation is 1. The molecule has 1 aliphatic heterocycles. The highest BCUT2D eigenvalue weighted by Crippen LogP contribution is 2.33. The number of carbonyl (C=O) groups excluding carboxylic acids is 1. The van der Waals surface area contributed by atoms with Crippen LogP contribution in [-0.2, 0) is 4.74 Å². The van der Waals surface area contributed by atoms with Crippen LogP contribution in [0.3, 0.4) is 0 Å². The van der Waals surface area contributed by atoms with Crippen LogP contribution in [0.4, 0.5) is 0 Å². The van der Waals surface area contributed by atoms with E-state index in [1.807, 2.05) is 31.2 Å². The van der Waals surface area contributed by atoms with Crippen LogP contribution >= 0.6 is 0 Å². The summed E-state index contributed by atoms with van der Waals surface area (Å²) < 4.78 is 5.81. The number of ether oxygens (including phenoxy) is 1. The van der Waals surface area contributed by atoms with Crippen molar-refractivity contribution < 1.29 is 9.53 Å². The van der Waals surface area contributed by atoms with Gasteiger partial charge in [0.2, 0.25) is 0 Å². The summed E-state index contributed by atoms with van der Waals surface area (Å²) in [4.78, 5) is 12.6. The summed E-state index contributed by atoms with van der Waals surface area (Å²) in [6.45, 7) is 6.95. The molecule has 18 heavy (non-hydrogen) atoms. The first kappa shape index (κ1) is 13.3. The monoisotopic (exact) mass is 246 g/mol. The minimum atomic E-state index is -0.124. The maximum absolute atomic E-state index is 12.6. The van der Waals surface area contributed by atoms with Gasteiger partial charge in [-0.2, -0.15) is 0 Å². The molecule has 2 nitrogen and oxygen atoms in total. The Balaban J connectivity index is 2.17. The van der Waals surface area contributed by atoms with Gasteiger partial charge in [-0.05, 0) is 38.7 Å². The third kappa shape index (κ3) is 2.64. The number of benzene rings is 1. The molecule has 0 N–H and O–H groups in total. The molecule has 1 heterocycles. The lowest BCUT2D eigenvalue weighted by Gasteiger charge is -2.37. The van der Waals surface area contributed by atoms with Crippen molar-refractivity contribution in [3.8, 4) is 0 Å². The van der Waals surface area contributed by atoms with Crippen molar-refractivity contribution in [2.24, 2.45) is 5.92 Å². The number of hydrogen-bond acceptors (Lipinski definition) is 2. The third-order valence-corrected chi connectivity index (χ3v) is 4.12. The van der Waals surface area contributed by atoms with E-state index in [-0.39, 0.29) is 17.3 Å². The van der Waals surface area contributed by atoms with Gasteiger partial charge in [0.1, 0.15) is 0 Å². The molecular weight excluding hydrogens is 224 g/mol. The molecule has 1 aromatic carbocycles. The first-order valence-electron chi connectivity index (χ1n) is 6.79. The second kappa shape index (κ2) is 5.23. The van der Waals surface area contributed by atoms with Crippen molar-refractivity contribution in [3.63, 3.8) is 0 Å². The van der Waals surface area contributed by atoms with E-state index < -0.39 is 0 Å². The number of carbonyl (C=O) groups is 1. The van der Waals surface area contributed by atoms with Crippen LogP contribution in [-0.4, -0.2) is 18.0 Å². The highest BCUT2D eigenvalue weighted by molar-refractivity contribution is 5.99. The van der Waals surface area contributed by atoms with Crippen molar-refractivity contribution in [2.75, 3.05) is 6.61 Å². The molecule has 1 aromatic rings. The molecule has 0 amide bonds. The van der Waals surface area contributed by atoms with E-state index in [0.29, 0.717) is 6.61 Å². The molecule has 0 aliphatic carbocycles. The summed E-state index contributed by atoms with van der Waals surface area (Å²) in [5.41, 5.74) is 1.83. The van der Waals surface area contributed by atoms with E-state index in [2.05, 4.69) is 13.8 Å². The molecule has 1 fully saturated rings. The molecule has 2 rings (SSSR count). The van der Waals surface area contributed by atoms with Crippen molar-refractivity contribution >= 4 is 5.78 Å². The first-order chi connectivity index (χ1) is 8.56. The van der Waals surface area contributed by atoms with Gasteiger partial charge in [-0.25, -0.2) is 0 Å². The average molecular weight is 246 g/mol. The predicted molar refractivity (Wildman–Crippen MR) is 72.9 cm³/mol. The van der Waals surface area contributed by atoms with Gasteiger partial charge in [-0.15, -0.1) is 0 Å². The summed E-state index contributed by atoms with van der Waals surface area (Å²) in [6, 6.07) is 7.87. The molecular formula is C16H22O2. The zero-order chi connectivity index (χ0) is 13.2. The van der Waals surface area contributed by atoms with Crippen molar-refractivity contribution in [3.05, 3.63) is 35.4 Å². The summed E-state index contributed by atoms with van der Waals surface area (Å²) >= 11 is 0. The van der Waals surface area contributed by atoms with Gasteiger partial charge in [-0.1, -0.05) is 31.2 Å². The Hall–Kier alpha value is -1.15. The van der Waals surface area contributed by atoms with Gasteiger partial charge in [0.25, 0.3) is 0 Å². The molecule has 98 valence electrons. The molecule has 0 spiro atoms. The Morgan fingerprint density at radius 1 is 1.44 bits per heavy atom. The van der Waals surface area contributed by atoms with Crippen LogP contribution < -0.4 is 0 Å². The van der Waals surface area contributed by atoms with Gasteiger partial charge in [0.15, 0.2) is 5.78 Å². The summed E-state index contributed by atoms with van der Waals surface area (Å²) in [5.74, 6) is 0.404. The van der Waals surface area contributed by atoms with Crippen LogP contribution in [0.25, 0.3) is 0 Å². The maximum Gasteiger partial charge on any atom is 0.166 e. The molecule has 0 bridgehead atoms. The fourth-order valence-electron chi connectivity index (χ4n) is 2.67. The van der Waals surface area contributed by atoms with Crippen molar-refractivity contribution in [2.45, 2.75) is 45.6 Å². The molecule has 1 aliphatic rings. The molecule has 0 saturated carbocycles. The van der Waals surface area contributed by atoms with Crippen LogP contribution in [0.5, 0.6) is 0 Å². The largest absolute Gasteiger partial charge is 0.375 e. The number of Topliss-reactive ketones (excluding diaryl/α,β-unsaturated/α-hetero) is 1. The Labute approximate surface area is 109 Å². The predicted octanol–water partition coefficient (Wildman–Crippen LogP) is 3.77. The molecule has 1 saturated heterocycles. The standard InChI is InChI=1S/C16H22O2/c1-4-16(3)11-13(9-10-18-16)15(17)14-8-6-5-7-12(14)2/h5-8,13H,4,9-11H2,1-3H3/t13-,16+/m1/s1. The van der Waals surface area contributed by atoms with Gasteiger partial charge in [-0.3, -0.25) is 4.79 Å². The lowest BCUT2D eigenvalue weighted by atomic mass is 9.80. The van der Waals surface area contributed by atoms with Crippen LogP contribution in [0, 0.1) is 12.8 Å². The minimum Gasteiger partial charge on any atom is -0.375 e. The smallest absolute Gasteiger partial charge is 0.166 e. The molecule has 2 heteroatoms. The molecule has 0 radical (unpaired) electrons. The topological polar surface area (TPSA) is 26.3 Å². The van der Waals surface area contributed by atoms with Crippen LogP contribution in [0.1, 0.15) is 49.0 Å². The lowest BCUT2D eigenvalue weighted by molar-refractivity contribution is -0.0811. The zero-order valence-electron chi connectivity index (χ0n) is 11.5. The Bertz CT molecular complexity index is 438. The highest BCUT2D eigenvalue weighted by atomic mass is 16.5. The Kier molecular flexibility index (Phi) is 3.86. The number of hydrogen-bond donors (Lipinski definition) is 0. The molecule has 2 atom stereocenters. The average Bonchev–Trinajstić information content (AvgIpc) is 2.39. The Morgan fingerprint density at radius 2 is 2.17 bits per heavy atom. The SMILES string of the molecule is CC[C@@]1(C)C[C@H](C(=O)c2ccccc2C)CCO1. The van der Waals surface area contributed by atoms with Crippen molar-refractivity contribution in [1.82, 2.24) is 0 Å². The molecule has 0 unspecified atom stereocenters. The quantitative estimate of drug-likeness (QED) is 0.759. The van der Waals surface area contributed by atoms with Crippen molar-refractivity contribution in [1.29, 1.82) is 0 Å². The second-order valence-corrected chi connectivity index (χ2v) is 5.52. The zero-order valence-corrected chi connectivity index (χ0v) is 11.5. The van der Waals surface area contributed by atoms with E-state index in [1.54, 1.807) is 0 Å². The van der Waals surface area contributed by atoms with E-state index >= 15 is 0 Å². The highest BCUT2D eigenvalue weighted by Gasteiger charge is 2.35. The van der Waals surface area contributed by atoms with E-state index in [1.165, 1.54) is 0 Å². The van der Waals surface area contributed by atoms with Gasteiger partial charge >= 0.3 is 0 Å². The third-order valence-electron chi connectivity index (χ3n) is 4.12. The van der Waals surface area contributed by atoms with Gasteiger partial charge in [0, 0.05) is 18.1 Å². The van der Waals surface area contributed by atoms with E-state index in [9.17, 15) is 4.79 Å². The molecule has 0 aromatic heterocycles. The second-order valence-electron chi connectivity index (χ2n) is 5.52. The normalized spacial score (nSPS) is 28.1. The van der Waals surface area contributed by atoms with Crippen LogP contribution in [0.2, 0.25) is 0 Å². The fraction of sp³-hybridized carbons (Fsp3) is 0.562. The first-order valence-corrected chi connectivity index (χ1v) is 6.79. The summed E-state index contributed by atoms with van der Waals surface area (Å²) in [5, 5.41) is 0.